The van der Waals surface area contributed by atoms with Crippen molar-refractivity contribution in [2.75, 3.05) is 13.1 Å². The molecule has 114 valence electrons. The van der Waals surface area contributed by atoms with Gasteiger partial charge in [-0.2, -0.15) is 0 Å². The third kappa shape index (κ3) is 12.5. The molecule has 3 heteroatoms. The van der Waals surface area contributed by atoms with Crippen LogP contribution in [0.2, 0.25) is 0 Å². The standard InChI is InChI=1S/C16H34ClN.Mg.2H/c1-5-9-11-15(7-3)13-18(17)14-16(8-4)12-10-6-2;;;/h15-16H,5-14H2,1-4H3;;;/q;+2;2*-1. The fourth-order valence-electron chi connectivity index (χ4n) is 2.47. The predicted molar refractivity (Wildman–Crippen MR) is 92.0 cm³/mol. The minimum absolute atomic E-state index is 0. The molecule has 0 aliphatic heterocycles. The van der Waals surface area contributed by atoms with Crippen molar-refractivity contribution in [3.8, 4) is 0 Å². The van der Waals surface area contributed by atoms with E-state index in [2.05, 4.69) is 32.1 Å². The molecule has 0 aromatic rings. The van der Waals surface area contributed by atoms with Gasteiger partial charge in [0, 0.05) is 13.1 Å². The molecular formula is C16H36ClMgN. The Hall–Kier alpha value is 1.02. The van der Waals surface area contributed by atoms with Gasteiger partial charge in [-0.25, -0.2) is 4.42 Å². The second kappa shape index (κ2) is 15.4. The molecule has 2 unspecified atom stereocenters. The Morgan fingerprint density at radius 3 is 1.47 bits per heavy atom. The van der Waals surface area contributed by atoms with Gasteiger partial charge in [0.05, 0.1) is 0 Å². The van der Waals surface area contributed by atoms with Crippen LogP contribution in [-0.4, -0.2) is 40.6 Å². The van der Waals surface area contributed by atoms with Gasteiger partial charge in [-0.05, 0) is 36.5 Å². The zero-order chi connectivity index (χ0) is 13.8. The molecule has 0 saturated carbocycles. The quantitative estimate of drug-likeness (QED) is 0.329. The molecule has 0 amide bonds. The van der Waals surface area contributed by atoms with Crippen molar-refractivity contribution in [2.45, 2.75) is 79.1 Å². The minimum atomic E-state index is 0. The number of halogens is 1. The second-order valence-electron chi connectivity index (χ2n) is 5.66. The zero-order valence-corrected chi connectivity index (χ0v) is 15.9. The molecule has 0 rings (SSSR count). The van der Waals surface area contributed by atoms with E-state index in [1.165, 1.54) is 51.4 Å². The summed E-state index contributed by atoms with van der Waals surface area (Å²) in [6.07, 6.45) is 10.5. The monoisotopic (exact) mass is 301 g/mol. The SMILES string of the molecule is CCCCC(CC)CN(Cl)CC(CC)CCCC.[H-].[H-].[Mg+2]. The van der Waals surface area contributed by atoms with Gasteiger partial charge in [0.2, 0.25) is 0 Å². The second-order valence-corrected chi connectivity index (χ2v) is 6.14. The summed E-state index contributed by atoms with van der Waals surface area (Å²) in [5.74, 6) is 1.57. The first-order valence-electron chi connectivity index (χ1n) is 8.08. The predicted octanol–water partition coefficient (Wildman–Crippen LogP) is 5.72. The van der Waals surface area contributed by atoms with Gasteiger partial charge < -0.3 is 2.85 Å². The first-order chi connectivity index (χ1) is 8.67. The normalized spacial score (nSPS) is 14.2. The van der Waals surface area contributed by atoms with E-state index in [1.54, 1.807) is 0 Å². The van der Waals surface area contributed by atoms with Crippen molar-refractivity contribution in [1.29, 1.82) is 0 Å². The third-order valence-electron chi connectivity index (χ3n) is 4.00. The van der Waals surface area contributed by atoms with Gasteiger partial charge in [-0.3, -0.25) is 0 Å². The molecule has 0 fully saturated rings. The van der Waals surface area contributed by atoms with Crippen molar-refractivity contribution in [3.63, 3.8) is 0 Å². The van der Waals surface area contributed by atoms with E-state index in [-0.39, 0.29) is 25.9 Å². The van der Waals surface area contributed by atoms with Crippen molar-refractivity contribution in [1.82, 2.24) is 4.42 Å². The molecular weight excluding hydrogens is 266 g/mol. The first-order valence-corrected chi connectivity index (χ1v) is 8.42. The van der Waals surface area contributed by atoms with Gasteiger partial charge in [0.25, 0.3) is 0 Å². The van der Waals surface area contributed by atoms with Crippen LogP contribution in [-0.2, 0) is 0 Å². The van der Waals surface area contributed by atoms with Crippen molar-refractivity contribution >= 4 is 34.8 Å². The van der Waals surface area contributed by atoms with Crippen molar-refractivity contribution in [3.05, 3.63) is 0 Å². The Kier molecular flexibility index (Phi) is 18.1. The van der Waals surface area contributed by atoms with Gasteiger partial charge >= 0.3 is 23.1 Å². The van der Waals surface area contributed by atoms with E-state index < -0.39 is 0 Å². The average Bonchev–Trinajstić information content (AvgIpc) is 2.39. The Bertz CT molecular complexity index is 170. The fourth-order valence-corrected chi connectivity index (χ4v) is 2.86. The van der Waals surface area contributed by atoms with E-state index in [0.717, 1.165) is 24.9 Å². The number of nitrogens with zero attached hydrogens (tertiary/aromatic N) is 1. The summed E-state index contributed by atoms with van der Waals surface area (Å²) < 4.78 is 2.06. The maximum atomic E-state index is 6.42. The maximum Gasteiger partial charge on any atom is 2.00 e. The van der Waals surface area contributed by atoms with Gasteiger partial charge in [0.1, 0.15) is 0 Å². The molecule has 0 aromatic heterocycles. The van der Waals surface area contributed by atoms with E-state index in [1.807, 2.05) is 0 Å². The Balaban J connectivity index is -0.000000482. The van der Waals surface area contributed by atoms with Crippen LogP contribution in [0.5, 0.6) is 0 Å². The Morgan fingerprint density at radius 2 is 1.21 bits per heavy atom. The van der Waals surface area contributed by atoms with Crippen LogP contribution in [0, 0.1) is 11.8 Å². The van der Waals surface area contributed by atoms with Crippen molar-refractivity contribution < 1.29 is 2.85 Å². The van der Waals surface area contributed by atoms with Crippen LogP contribution < -0.4 is 0 Å². The van der Waals surface area contributed by atoms with Gasteiger partial charge in [-0.15, -0.1) is 0 Å². The molecule has 0 aromatic carbocycles. The average molecular weight is 302 g/mol. The molecule has 1 nitrogen and oxygen atoms in total. The number of rotatable bonds is 12. The first kappa shape index (κ1) is 22.3. The largest absolute Gasteiger partial charge is 2.00 e. The number of hydrogen-bond acceptors (Lipinski definition) is 1. The molecule has 0 saturated heterocycles. The van der Waals surface area contributed by atoms with Crippen LogP contribution in [0.4, 0.5) is 0 Å². The molecule has 2 atom stereocenters. The molecule has 0 spiro atoms. The molecule has 0 heterocycles. The van der Waals surface area contributed by atoms with Crippen LogP contribution in [0.25, 0.3) is 0 Å². The zero-order valence-electron chi connectivity index (χ0n) is 15.8. The molecule has 0 aliphatic carbocycles. The Morgan fingerprint density at radius 1 is 0.842 bits per heavy atom. The maximum absolute atomic E-state index is 6.42. The van der Waals surface area contributed by atoms with E-state index in [4.69, 9.17) is 11.8 Å². The van der Waals surface area contributed by atoms with Gasteiger partial charge in [0.15, 0.2) is 0 Å². The molecule has 0 bridgehead atoms. The summed E-state index contributed by atoms with van der Waals surface area (Å²) in [4.78, 5) is 0. The van der Waals surface area contributed by atoms with E-state index >= 15 is 0 Å². The summed E-state index contributed by atoms with van der Waals surface area (Å²) in [6.45, 7) is 11.3. The van der Waals surface area contributed by atoms with Crippen LogP contribution >= 0.6 is 11.8 Å². The molecule has 0 radical (unpaired) electrons. The van der Waals surface area contributed by atoms with Gasteiger partial charge in [-0.1, -0.05) is 66.2 Å². The molecule has 19 heavy (non-hydrogen) atoms. The number of unbranched alkanes of at least 4 members (excludes halogenated alkanes) is 2. The smallest absolute Gasteiger partial charge is 1.00 e. The summed E-state index contributed by atoms with van der Waals surface area (Å²) >= 11 is 6.42. The molecule has 0 N–H and O–H groups in total. The minimum Gasteiger partial charge on any atom is -1.00 e. The molecule has 0 aliphatic rings. The van der Waals surface area contributed by atoms with Crippen LogP contribution in [0.1, 0.15) is 81.9 Å². The summed E-state index contributed by atoms with van der Waals surface area (Å²) in [5, 5.41) is 0. The summed E-state index contributed by atoms with van der Waals surface area (Å²) in [7, 11) is 0. The number of hydrogen-bond donors (Lipinski definition) is 0. The van der Waals surface area contributed by atoms with Crippen molar-refractivity contribution in [2.24, 2.45) is 11.8 Å². The van der Waals surface area contributed by atoms with Crippen LogP contribution in [0.3, 0.4) is 0 Å². The third-order valence-corrected chi connectivity index (χ3v) is 4.28. The van der Waals surface area contributed by atoms with E-state index in [9.17, 15) is 0 Å². The summed E-state index contributed by atoms with van der Waals surface area (Å²) in [5.41, 5.74) is 0. The fraction of sp³-hybridized carbons (Fsp3) is 1.00. The topological polar surface area (TPSA) is 3.24 Å². The van der Waals surface area contributed by atoms with Crippen LogP contribution in [0.15, 0.2) is 0 Å². The summed E-state index contributed by atoms with van der Waals surface area (Å²) in [6, 6.07) is 0. The Labute approximate surface area is 146 Å². The van der Waals surface area contributed by atoms with E-state index in [0.29, 0.717) is 0 Å².